The zero-order valence-corrected chi connectivity index (χ0v) is 15.0. The predicted octanol–water partition coefficient (Wildman–Crippen LogP) is 6.66. The lowest BCUT2D eigenvalue weighted by atomic mass is 10.1. The Morgan fingerprint density at radius 2 is 1.65 bits per heavy atom. The highest BCUT2D eigenvalue weighted by Gasteiger charge is 2.11. The molecule has 4 rings (SSSR count). The molecule has 0 aliphatic carbocycles. The summed E-state index contributed by atoms with van der Waals surface area (Å²) in [6.07, 6.45) is 0. The molecule has 0 unspecified atom stereocenters. The molecule has 3 aromatic carbocycles. The number of hydrogen-bond acceptors (Lipinski definition) is 2. The molecule has 1 amide bonds. The number of halogens is 2. The van der Waals surface area contributed by atoms with Crippen LogP contribution in [-0.4, -0.2) is 5.91 Å². The van der Waals surface area contributed by atoms with Gasteiger partial charge in [-0.25, -0.2) is 0 Å². The van der Waals surface area contributed by atoms with E-state index in [1.54, 1.807) is 18.2 Å². The quantitative estimate of drug-likeness (QED) is 0.431. The van der Waals surface area contributed by atoms with Gasteiger partial charge in [0, 0.05) is 21.7 Å². The van der Waals surface area contributed by atoms with Gasteiger partial charge in [0.2, 0.25) is 0 Å². The summed E-state index contributed by atoms with van der Waals surface area (Å²) in [5, 5.41) is 4.68. The van der Waals surface area contributed by atoms with Gasteiger partial charge in [-0.3, -0.25) is 4.79 Å². The van der Waals surface area contributed by atoms with Gasteiger partial charge in [0.1, 0.15) is 11.3 Å². The number of fused-ring (bicyclic) bond motifs is 1. The van der Waals surface area contributed by atoms with Crippen molar-refractivity contribution in [3.05, 3.63) is 88.4 Å². The number of carbonyl (C=O) groups excluding carboxylic acids is 1. The second kappa shape index (κ2) is 6.87. The predicted molar refractivity (Wildman–Crippen MR) is 106 cm³/mol. The number of carbonyl (C=O) groups is 1. The number of hydrogen-bond donors (Lipinski definition) is 1. The zero-order chi connectivity index (χ0) is 18.1. The first kappa shape index (κ1) is 16.7. The highest BCUT2D eigenvalue weighted by atomic mass is 35.5. The maximum atomic E-state index is 12.4. The summed E-state index contributed by atoms with van der Waals surface area (Å²) in [7, 11) is 0. The molecule has 128 valence electrons. The van der Waals surface area contributed by atoms with Crippen molar-refractivity contribution in [3.63, 3.8) is 0 Å². The maximum absolute atomic E-state index is 12.4. The summed E-state index contributed by atoms with van der Waals surface area (Å²) in [6, 6.07) is 22.1. The lowest BCUT2D eigenvalue weighted by Crippen LogP contribution is -2.12. The van der Waals surface area contributed by atoms with E-state index in [1.165, 1.54) is 0 Å². The monoisotopic (exact) mass is 381 g/mol. The van der Waals surface area contributed by atoms with Crippen molar-refractivity contribution < 1.29 is 9.21 Å². The van der Waals surface area contributed by atoms with Crippen LogP contribution in [0.15, 0.2) is 77.2 Å². The first-order valence-electron chi connectivity index (χ1n) is 7.95. The standard InChI is InChI=1S/C21H13Cl2NO2/c22-15-7-10-17(18(23)12-15)21(25)24-16-8-5-13(6-9-16)20-11-14-3-1-2-4-19(14)26-20/h1-12H,(H,24,25). The second-order valence-electron chi connectivity index (χ2n) is 5.80. The van der Waals surface area contributed by atoms with Gasteiger partial charge in [0.25, 0.3) is 5.91 Å². The number of benzene rings is 3. The van der Waals surface area contributed by atoms with Crippen LogP contribution in [0.25, 0.3) is 22.3 Å². The van der Waals surface area contributed by atoms with E-state index >= 15 is 0 Å². The third-order valence-corrected chi connectivity index (χ3v) is 4.58. The number of furan rings is 1. The molecule has 0 aliphatic heterocycles. The normalized spacial score (nSPS) is 10.8. The fraction of sp³-hybridized carbons (Fsp3) is 0. The van der Waals surface area contributed by atoms with E-state index in [0.29, 0.717) is 21.3 Å². The van der Waals surface area contributed by atoms with Crippen LogP contribution in [0.4, 0.5) is 5.69 Å². The average molecular weight is 382 g/mol. The molecule has 1 heterocycles. The van der Waals surface area contributed by atoms with E-state index in [-0.39, 0.29) is 5.91 Å². The molecule has 0 spiro atoms. The molecular formula is C21H13Cl2NO2. The number of amides is 1. The van der Waals surface area contributed by atoms with Crippen molar-refractivity contribution in [2.24, 2.45) is 0 Å². The molecule has 5 heteroatoms. The van der Waals surface area contributed by atoms with E-state index < -0.39 is 0 Å². The van der Waals surface area contributed by atoms with E-state index in [9.17, 15) is 4.79 Å². The molecule has 4 aromatic rings. The van der Waals surface area contributed by atoms with Crippen molar-refractivity contribution in [1.29, 1.82) is 0 Å². The molecule has 1 aromatic heterocycles. The summed E-state index contributed by atoms with van der Waals surface area (Å²) in [5.41, 5.74) is 2.82. The molecule has 0 saturated heterocycles. The number of rotatable bonds is 3. The molecule has 0 bridgehead atoms. The zero-order valence-electron chi connectivity index (χ0n) is 13.5. The van der Waals surface area contributed by atoms with Crippen LogP contribution in [0.3, 0.4) is 0 Å². The van der Waals surface area contributed by atoms with Crippen molar-refractivity contribution >= 4 is 45.8 Å². The number of para-hydroxylation sites is 1. The van der Waals surface area contributed by atoms with Crippen LogP contribution >= 0.6 is 23.2 Å². The fourth-order valence-electron chi connectivity index (χ4n) is 2.71. The summed E-state index contributed by atoms with van der Waals surface area (Å²) in [6.45, 7) is 0. The van der Waals surface area contributed by atoms with Crippen molar-refractivity contribution in [2.45, 2.75) is 0 Å². The first-order chi connectivity index (χ1) is 12.6. The summed E-state index contributed by atoms with van der Waals surface area (Å²) in [5.74, 6) is 0.493. The van der Waals surface area contributed by atoms with E-state index in [1.807, 2.05) is 54.6 Å². The molecule has 0 fully saturated rings. The highest BCUT2D eigenvalue weighted by molar-refractivity contribution is 6.37. The van der Waals surface area contributed by atoms with Crippen molar-refractivity contribution in [2.75, 3.05) is 5.32 Å². The van der Waals surface area contributed by atoms with Gasteiger partial charge in [0.15, 0.2) is 0 Å². The van der Waals surface area contributed by atoms with Crippen LogP contribution in [0, 0.1) is 0 Å². The van der Waals surface area contributed by atoms with Gasteiger partial charge < -0.3 is 9.73 Å². The van der Waals surface area contributed by atoms with Gasteiger partial charge in [-0.15, -0.1) is 0 Å². The van der Waals surface area contributed by atoms with Gasteiger partial charge >= 0.3 is 0 Å². The Labute approximate surface area is 160 Å². The van der Waals surface area contributed by atoms with Crippen LogP contribution in [0.1, 0.15) is 10.4 Å². The maximum Gasteiger partial charge on any atom is 0.257 e. The Bertz CT molecular complexity index is 1070. The minimum Gasteiger partial charge on any atom is -0.456 e. The number of nitrogens with one attached hydrogen (secondary N) is 1. The van der Waals surface area contributed by atoms with Crippen LogP contribution in [-0.2, 0) is 0 Å². The van der Waals surface area contributed by atoms with Gasteiger partial charge in [-0.2, -0.15) is 0 Å². The molecule has 0 aliphatic rings. The van der Waals surface area contributed by atoms with Crippen LogP contribution < -0.4 is 5.32 Å². The highest BCUT2D eigenvalue weighted by Crippen LogP contribution is 2.29. The average Bonchev–Trinajstić information content (AvgIpc) is 3.06. The van der Waals surface area contributed by atoms with Crippen molar-refractivity contribution in [1.82, 2.24) is 0 Å². The Morgan fingerprint density at radius 1 is 0.885 bits per heavy atom. The smallest absolute Gasteiger partial charge is 0.257 e. The molecule has 0 atom stereocenters. The largest absolute Gasteiger partial charge is 0.456 e. The lowest BCUT2D eigenvalue weighted by Gasteiger charge is -2.07. The summed E-state index contributed by atoms with van der Waals surface area (Å²) < 4.78 is 5.85. The number of anilines is 1. The van der Waals surface area contributed by atoms with Crippen molar-refractivity contribution in [3.8, 4) is 11.3 Å². The SMILES string of the molecule is O=C(Nc1ccc(-c2cc3ccccc3o2)cc1)c1ccc(Cl)cc1Cl. The Kier molecular flexibility index (Phi) is 4.41. The fourth-order valence-corrected chi connectivity index (χ4v) is 3.21. The van der Waals surface area contributed by atoms with E-state index in [0.717, 1.165) is 22.3 Å². The first-order valence-corrected chi connectivity index (χ1v) is 8.71. The summed E-state index contributed by atoms with van der Waals surface area (Å²) >= 11 is 11.9. The van der Waals surface area contributed by atoms with Gasteiger partial charge in [0.05, 0.1) is 10.6 Å². The molecule has 0 radical (unpaired) electrons. The molecule has 26 heavy (non-hydrogen) atoms. The lowest BCUT2D eigenvalue weighted by molar-refractivity contribution is 0.102. The van der Waals surface area contributed by atoms with Gasteiger partial charge in [-0.05, 0) is 54.6 Å². The minimum absolute atomic E-state index is 0.289. The molecule has 3 nitrogen and oxygen atoms in total. The van der Waals surface area contributed by atoms with Crippen LogP contribution in [0.5, 0.6) is 0 Å². The summed E-state index contributed by atoms with van der Waals surface area (Å²) in [4.78, 5) is 12.4. The van der Waals surface area contributed by atoms with E-state index in [2.05, 4.69) is 5.32 Å². The van der Waals surface area contributed by atoms with Crippen LogP contribution in [0.2, 0.25) is 10.0 Å². The second-order valence-corrected chi connectivity index (χ2v) is 6.65. The third-order valence-electron chi connectivity index (χ3n) is 4.03. The molecule has 1 N–H and O–H groups in total. The van der Waals surface area contributed by atoms with E-state index in [4.69, 9.17) is 27.6 Å². The Hall–Kier alpha value is -2.75. The molecule has 0 saturated carbocycles. The minimum atomic E-state index is -0.289. The Balaban J connectivity index is 1.55. The third kappa shape index (κ3) is 3.32. The molecular weight excluding hydrogens is 369 g/mol. The Morgan fingerprint density at radius 3 is 2.38 bits per heavy atom. The van der Waals surface area contributed by atoms with Gasteiger partial charge in [-0.1, -0.05) is 41.4 Å². The topological polar surface area (TPSA) is 42.2 Å².